The van der Waals surface area contributed by atoms with Crippen molar-refractivity contribution in [3.63, 3.8) is 0 Å². The Morgan fingerprint density at radius 3 is 2.50 bits per heavy atom. The molecule has 4 nitrogen and oxygen atoms in total. The number of phenolic OH excluding ortho intramolecular Hbond substituents is 1. The lowest BCUT2D eigenvalue weighted by Crippen LogP contribution is -2.07. The van der Waals surface area contributed by atoms with Gasteiger partial charge in [0.25, 0.3) is 0 Å². The molecule has 0 aliphatic rings. The van der Waals surface area contributed by atoms with Gasteiger partial charge in [-0.15, -0.1) is 0 Å². The number of benzene rings is 2. The molecule has 0 aliphatic heterocycles. The Balaban J connectivity index is 1.86. The average molecular weight is 321 g/mol. The molecular weight excluding hydrogens is 302 g/mol. The van der Waals surface area contributed by atoms with Crippen molar-refractivity contribution in [2.75, 3.05) is 19.0 Å². The molecule has 0 radical (unpaired) electrons. The summed E-state index contributed by atoms with van der Waals surface area (Å²) in [5, 5.41) is 11.0. The minimum Gasteiger partial charge on any atom is -0.506 e. The Morgan fingerprint density at radius 1 is 1.12 bits per heavy atom. The van der Waals surface area contributed by atoms with Crippen molar-refractivity contribution < 1.29 is 14.3 Å². The molecule has 0 saturated heterocycles. The molecule has 3 rings (SSSR count). The summed E-state index contributed by atoms with van der Waals surface area (Å²) < 4.78 is 5.33. The number of hydrogen-bond acceptors (Lipinski definition) is 4. The third kappa shape index (κ3) is 2.91. The van der Waals surface area contributed by atoms with Gasteiger partial charge in [0, 0.05) is 19.8 Å². The number of carbonyl (C=O) groups excluding carboxylic acids is 1. The van der Waals surface area contributed by atoms with E-state index in [0.717, 1.165) is 16.8 Å². The average Bonchev–Trinajstić information content (AvgIpc) is 2.95. The van der Waals surface area contributed by atoms with E-state index in [1.165, 1.54) is 6.08 Å². The number of carbonyl (C=O) groups is 1. The van der Waals surface area contributed by atoms with Crippen molar-refractivity contribution in [3.05, 3.63) is 65.4 Å². The Hall–Kier alpha value is -3.01. The van der Waals surface area contributed by atoms with Crippen molar-refractivity contribution >= 4 is 28.5 Å². The Bertz CT molecular complexity index is 918. The zero-order valence-corrected chi connectivity index (χ0v) is 13.9. The highest BCUT2D eigenvalue weighted by atomic mass is 16.3. The Labute approximate surface area is 140 Å². The summed E-state index contributed by atoms with van der Waals surface area (Å²) in [5.74, 6) is -0.275. The summed E-state index contributed by atoms with van der Waals surface area (Å²) in [6.45, 7) is 1.84. The number of hydrogen-bond donors (Lipinski definition) is 1. The Kier molecular flexibility index (Phi) is 4.13. The molecule has 0 fully saturated rings. The normalized spacial score (nSPS) is 11.3. The van der Waals surface area contributed by atoms with Gasteiger partial charge in [-0.05, 0) is 48.4 Å². The monoisotopic (exact) mass is 321 g/mol. The van der Waals surface area contributed by atoms with Gasteiger partial charge < -0.3 is 14.4 Å². The first kappa shape index (κ1) is 15.9. The number of aromatic hydroxyl groups is 1. The lowest BCUT2D eigenvalue weighted by atomic mass is 10.0. The van der Waals surface area contributed by atoms with Gasteiger partial charge in [-0.2, -0.15) is 0 Å². The minimum atomic E-state index is -0.244. The molecule has 3 aromatic rings. The van der Waals surface area contributed by atoms with Crippen molar-refractivity contribution in [1.82, 2.24) is 0 Å². The lowest BCUT2D eigenvalue weighted by molar-refractivity contribution is 0.104. The van der Waals surface area contributed by atoms with E-state index in [1.807, 2.05) is 50.2 Å². The standard InChI is InChI=1S/C20H19NO3/c1-13-12-24-18-11-9-16(20(23)19(13)18)17(22)10-6-14-4-7-15(8-5-14)21(2)3/h4-12,23H,1-3H3/b10-6+. The van der Waals surface area contributed by atoms with Crippen LogP contribution in [0, 0.1) is 6.92 Å². The first-order valence-electron chi connectivity index (χ1n) is 7.67. The summed E-state index contributed by atoms with van der Waals surface area (Å²) in [6.07, 6.45) is 4.79. The van der Waals surface area contributed by atoms with Crippen molar-refractivity contribution in [2.45, 2.75) is 6.92 Å². The molecule has 24 heavy (non-hydrogen) atoms. The predicted molar refractivity (Wildman–Crippen MR) is 96.7 cm³/mol. The number of ketones is 1. The number of anilines is 1. The van der Waals surface area contributed by atoms with Gasteiger partial charge in [0.05, 0.1) is 17.2 Å². The molecule has 0 aliphatic carbocycles. The molecule has 2 aromatic carbocycles. The molecule has 1 heterocycles. The smallest absolute Gasteiger partial charge is 0.189 e. The molecule has 1 aromatic heterocycles. The molecule has 0 spiro atoms. The highest BCUT2D eigenvalue weighted by molar-refractivity contribution is 6.11. The number of rotatable bonds is 4. The van der Waals surface area contributed by atoms with E-state index >= 15 is 0 Å². The fourth-order valence-corrected chi connectivity index (χ4v) is 2.61. The third-order valence-electron chi connectivity index (χ3n) is 4.00. The van der Waals surface area contributed by atoms with E-state index in [9.17, 15) is 9.90 Å². The fourth-order valence-electron chi connectivity index (χ4n) is 2.61. The SMILES string of the molecule is Cc1coc2ccc(C(=O)/C=C/c3ccc(N(C)C)cc3)c(O)c12. The van der Waals surface area contributed by atoms with Gasteiger partial charge >= 0.3 is 0 Å². The van der Waals surface area contributed by atoms with Crippen LogP contribution in [-0.4, -0.2) is 25.0 Å². The van der Waals surface area contributed by atoms with Crippen LogP contribution in [0.3, 0.4) is 0 Å². The van der Waals surface area contributed by atoms with Crippen molar-refractivity contribution in [2.24, 2.45) is 0 Å². The number of allylic oxidation sites excluding steroid dienone is 1. The number of furan rings is 1. The second kappa shape index (κ2) is 6.24. The molecule has 0 bridgehead atoms. The quantitative estimate of drug-likeness (QED) is 0.571. The summed E-state index contributed by atoms with van der Waals surface area (Å²) in [4.78, 5) is 14.4. The van der Waals surface area contributed by atoms with E-state index in [2.05, 4.69) is 0 Å². The molecule has 0 unspecified atom stereocenters. The van der Waals surface area contributed by atoms with Crippen molar-refractivity contribution in [1.29, 1.82) is 0 Å². The van der Waals surface area contributed by atoms with E-state index in [0.29, 0.717) is 11.0 Å². The maximum atomic E-state index is 12.4. The second-order valence-electron chi connectivity index (χ2n) is 5.94. The first-order chi connectivity index (χ1) is 11.5. The van der Waals surface area contributed by atoms with E-state index in [1.54, 1.807) is 24.5 Å². The maximum Gasteiger partial charge on any atom is 0.189 e. The number of phenols is 1. The van der Waals surface area contributed by atoms with Crippen LogP contribution in [0.15, 0.2) is 53.2 Å². The van der Waals surface area contributed by atoms with Gasteiger partial charge in [-0.25, -0.2) is 0 Å². The van der Waals surface area contributed by atoms with Gasteiger partial charge in [-0.3, -0.25) is 4.79 Å². The summed E-state index contributed by atoms with van der Waals surface area (Å²) in [5.41, 5.74) is 3.67. The molecular formula is C20H19NO3. The van der Waals surface area contributed by atoms with E-state index < -0.39 is 0 Å². The summed E-state index contributed by atoms with van der Waals surface area (Å²) >= 11 is 0. The van der Waals surface area contributed by atoms with Gasteiger partial charge in [-0.1, -0.05) is 18.2 Å². The first-order valence-corrected chi connectivity index (χ1v) is 7.67. The van der Waals surface area contributed by atoms with Crippen LogP contribution in [0.2, 0.25) is 0 Å². The highest BCUT2D eigenvalue weighted by Gasteiger charge is 2.15. The summed E-state index contributed by atoms with van der Waals surface area (Å²) in [7, 11) is 3.95. The van der Waals surface area contributed by atoms with Gasteiger partial charge in [0.1, 0.15) is 11.3 Å². The third-order valence-corrected chi connectivity index (χ3v) is 4.00. The van der Waals surface area contributed by atoms with Crippen LogP contribution >= 0.6 is 0 Å². The van der Waals surface area contributed by atoms with Crippen LogP contribution in [0.4, 0.5) is 5.69 Å². The van der Waals surface area contributed by atoms with Crippen LogP contribution in [-0.2, 0) is 0 Å². The molecule has 4 heteroatoms. The molecule has 0 amide bonds. The molecule has 0 saturated carbocycles. The number of fused-ring (bicyclic) bond motifs is 1. The largest absolute Gasteiger partial charge is 0.506 e. The van der Waals surface area contributed by atoms with E-state index in [4.69, 9.17) is 4.42 Å². The van der Waals surface area contributed by atoms with E-state index in [-0.39, 0.29) is 17.1 Å². The van der Waals surface area contributed by atoms with Crippen LogP contribution in [0.25, 0.3) is 17.0 Å². The summed E-state index contributed by atoms with van der Waals surface area (Å²) in [6, 6.07) is 11.2. The molecule has 122 valence electrons. The number of nitrogens with zero attached hydrogens (tertiary/aromatic N) is 1. The zero-order valence-electron chi connectivity index (χ0n) is 13.9. The topological polar surface area (TPSA) is 53.7 Å². The minimum absolute atomic E-state index is 0.0312. The van der Waals surface area contributed by atoms with Gasteiger partial charge in [0.15, 0.2) is 5.78 Å². The van der Waals surface area contributed by atoms with Crippen molar-refractivity contribution in [3.8, 4) is 5.75 Å². The number of aryl methyl sites for hydroxylation is 1. The maximum absolute atomic E-state index is 12.4. The lowest BCUT2D eigenvalue weighted by Gasteiger charge is -2.11. The Morgan fingerprint density at radius 2 is 1.83 bits per heavy atom. The van der Waals surface area contributed by atoms with Crippen LogP contribution in [0.1, 0.15) is 21.5 Å². The predicted octanol–water partition coefficient (Wildman–Crippen LogP) is 4.41. The molecule has 1 N–H and O–H groups in total. The molecule has 0 atom stereocenters. The highest BCUT2D eigenvalue weighted by Crippen LogP contribution is 2.33. The van der Waals surface area contributed by atoms with Crippen LogP contribution in [0.5, 0.6) is 5.75 Å². The fraction of sp³-hybridized carbons (Fsp3) is 0.150. The van der Waals surface area contributed by atoms with Crippen LogP contribution < -0.4 is 4.90 Å². The van der Waals surface area contributed by atoms with Gasteiger partial charge in [0.2, 0.25) is 0 Å². The zero-order chi connectivity index (χ0) is 17.3. The second-order valence-corrected chi connectivity index (χ2v) is 5.94.